The molecule has 0 aromatic carbocycles. The Bertz CT molecular complexity index is 116. The van der Waals surface area contributed by atoms with Crippen molar-refractivity contribution < 1.29 is 23.7 Å². The van der Waals surface area contributed by atoms with Crippen molar-refractivity contribution in [1.29, 1.82) is 0 Å². The monoisotopic (exact) mass is 163 g/mol. The molecule has 0 bridgehead atoms. The lowest BCUT2D eigenvalue weighted by Gasteiger charge is -2.11. The van der Waals surface area contributed by atoms with Crippen LogP contribution < -0.4 is 5.32 Å². The summed E-state index contributed by atoms with van der Waals surface area (Å²) in [5.74, 6) is 0. The van der Waals surface area contributed by atoms with E-state index in [4.69, 9.17) is 14.2 Å². The van der Waals surface area contributed by atoms with Crippen molar-refractivity contribution in [1.82, 2.24) is 5.32 Å². The molecule has 0 spiro atoms. The highest BCUT2D eigenvalue weighted by Crippen LogP contribution is 1.86. The zero-order valence-corrected chi connectivity index (χ0v) is 5.87. The summed E-state index contributed by atoms with van der Waals surface area (Å²) in [7, 11) is 0. The van der Waals surface area contributed by atoms with Gasteiger partial charge in [-0.25, -0.2) is 4.79 Å². The topological polar surface area (TPSA) is 66.0 Å². The van der Waals surface area contributed by atoms with Gasteiger partial charge in [-0.3, -0.25) is 5.32 Å². The fourth-order valence-corrected chi connectivity index (χ4v) is 0.484. The molecule has 6 nitrogen and oxygen atoms in total. The summed E-state index contributed by atoms with van der Waals surface area (Å²) in [6.45, 7) is 0.137. The van der Waals surface area contributed by atoms with Crippen molar-refractivity contribution in [3.05, 3.63) is 0 Å². The quantitative estimate of drug-likeness (QED) is 0.526. The van der Waals surface area contributed by atoms with Gasteiger partial charge in [0, 0.05) is 0 Å². The Balaban J connectivity index is 2.17. The molecular weight excluding hydrogens is 154 g/mol. The van der Waals surface area contributed by atoms with Crippen LogP contribution in [0.2, 0.25) is 0 Å². The molecule has 11 heavy (non-hydrogen) atoms. The molecule has 1 N–H and O–H groups in total. The van der Waals surface area contributed by atoms with Crippen LogP contribution in [0.3, 0.4) is 0 Å². The van der Waals surface area contributed by atoms with Gasteiger partial charge in [0.2, 0.25) is 0 Å². The molecule has 0 aromatic rings. The van der Waals surface area contributed by atoms with Crippen LogP contribution in [0.4, 0.5) is 4.79 Å². The van der Waals surface area contributed by atoms with Crippen LogP contribution >= 0.6 is 0 Å². The van der Waals surface area contributed by atoms with Crippen LogP contribution in [0.25, 0.3) is 0 Å². The molecule has 1 saturated heterocycles. The van der Waals surface area contributed by atoms with E-state index in [9.17, 15) is 4.79 Å². The first-order chi connectivity index (χ1) is 5.39. The Morgan fingerprint density at radius 1 is 1.09 bits per heavy atom. The van der Waals surface area contributed by atoms with Crippen molar-refractivity contribution in [2.75, 3.05) is 27.1 Å². The average molecular weight is 163 g/mol. The molecule has 0 radical (unpaired) electrons. The van der Waals surface area contributed by atoms with Crippen LogP contribution in [0.5, 0.6) is 0 Å². The second-order valence-corrected chi connectivity index (χ2v) is 1.72. The number of carbonyl (C=O) groups is 1. The van der Waals surface area contributed by atoms with Crippen LogP contribution in [-0.2, 0) is 18.9 Å². The van der Waals surface area contributed by atoms with E-state index in [1.54, 1.807) is 0 Å². The Labute approximate surface area is 63.4 Å². The normalized spacial score (nSPS) is 21.6. The minimum Gasteiger partial charge on any atom is -0.422 e. The maximum Gasteiger partial charge on any atom is 0.411 e. The third-order valence-corrected chi connectivity index (χ3v) is 0.925. The number of cyclic esters (lactones) is 1. The van der Waals surface area contributed by atoms with Crippen LogP contribution in [0.15, 0.2) is 0 Å². The molecule has 1 rings (SSSR count). The van der Waals surface area contributed by atoms with Gasteiger partial charge in [0.1, 0.15) is 6.73 Å². The molecule has 1 fully saturated rings. The van der Waals surface area contributed by atoms with Crippen LogP contribution in [0.1, 0.15) is 0 Å². The molecule has 0 unspecified atom stereocenters. The lowest BCUT2D eigenvalue weighted by Crippen LogP contribution is -2.29. The molecule has 1 amide bonds. The third kappa shape index (κ3) is 3.76. The van der Waals surface area contributed by atoms with Gasteiger partial charge in [0.25, 0.3) is 0 Å². The first-order valence-corrected chi connectivity index (χ1v) is 3.03. The predicted molar refractivity (Wildman–Crippen MR) is 32.3 cm³/mol. The van der Waals surface area contributed by atoms with E-state index in [1.807, 2.05) is 0 Å². The summed E-state index contributed by atoms with van der Waals surface area (Å²) in [6, 6.07) is 0. The van der Waals surface area contributed by atoms with Gasteiger partial charge in [-0.2, -0.15) is 0 Å². The van der Waals surface area contributed by atoms with E-state index < -0.39 is 6.09 Å². The van der Waals surface area contributed by atoms with Gasteiger partial charge in [-0.05, 0) is 0 Å². The number of alkyl carbamates (subject to hydrolysis) is 1. The highest BCUT2D eigenvalue weighted by molar-refractivity contribution is 5.66. The largest absolute Gasteiger partial charge is 0.422 e. The second kappa shape index (κ2) is 4.89. The van der Waals surface area contributed by atoms with E-state index in [0.29, 0.717) is 0 Å². The third-order valence-electron chi connectivity index (χ3n) is 0.925. The summed E-state index contributed by atoms with van der Waals surface area (Å²) < 4.78 is 18.7. The Morgan fingerprint density at radius 3 is 2.73 bits per heavy atom. The number of carbonyl (C=O) groups excluding carboxylic acids is 1. The van der Waals surface area contributed by atoms with Gasteiger partial charge in [0.05, 0.1) is 0 Å². The molecule has 0 aromatic heterocycles. The average Bonchev–Trinajstić information content (AvgIpc) is 2.03. The summed E-state index contributed by atoms with van der Waals surface area (Å²) in [6.07, 6.45) is -0.563. The summed E-state index contributed by atoms with van der Waals surface area (Å²) in [5.41, 5.74) is 0. The standard InChI is InChI=1S/C5H9NO5/c7-5-6-1-8-2-9-3-10-4-11-5/h1-4H2,(H,6,7). The maximum atomic E-state index is 10.6. The highest BCUT2D eigenvalue weighted by atomic mass is 16.8. The number of hydrogen-bond acceptors (Lipinski definition) is 5. The van der Waals surface area contributed by atoms with Gasteiger partial charge < -0.3 is 18.9 Å². The smallest absolute Gasteiger partial charge is 0.411 e. The minimum absolute atomic E-state index is 0.0628. The maximum absolute atomic E-state index is 10.6. The predicted octanol–water partition coefficient (Wildman–Crippen LogP) is -0.394. The number of rotatable bonds is 0. The van der Waals surface area contributed by atoms with Crippen LogP contribution in [-0.4, -0.2) is 33.2 Å². The van der Waals surface area contributed by atoms with Gasteiger partial charge in [-0.15, -0.1) is 0 Å². The number of ether oxygens (including phenoxy) is 4. The van der Waals surface area contributed by atoms with Gasteiger partial charge in [0.15, 0.2) is 20.4 Å². The van der Waals surface area contributed by atoms with E-state index in [2.05, 4.69) is 10.1 Å². The van der Waals surface area contributed by atoms with Crippen molar-refractivity contribution in [3.63, 3.8) is 0 Å². The SMILES string of the molecule is O=C1NCOCOCOCO1. The number of nitrogens with one attached hydrogen (secondary N) is 1. The van der Waals surface area contributed by atoms with Gasteiger partial charge >= 0.3 is 6.09 Å². The van der Waals surface area contributed by atoms with E-state index in [1.165, 1.54) is 0 Å². The molecule has 0 aliphatic carbocycles. The van der Waals surface area contributed by atoms with Crippen molar-refractivity contribution in [2.45, 2.75) is 0 Å². The Hall–Kier alpha value is -0.850. The first kappa shape index (κ1) is 8.25. The summed E-state index contributed by atoms with van der Waals surface area (Å²) in [5, 5.41) is 2.31. The van der Waals surface area contributed by atoms with E-state index in [0.717, 1.165) is 0 Å². The number of hydrogen-bond donors (Lipinski definition) is 1. The molecule has 1 aliphatic rings. The van der Waals surface area contributed by atoms with Crippen molar-refractivity contribution in [3.8, 4) is 0 Å². The Morgan fingerprint density at radius 2 is 1.82 bits per heavy atom. The lowest BCUT2D eigenvalue weighted by molar-refractivity contribution is -0.167. The number of amides is 1. The van der Waals surface area contributed by atoms with Gasteiger partial charge in [-0.1, -0.05) is 0 Å². The fourth-order valence-electron chi connectivity index (χ4n) is 0.484. The molecular formula is C5H9NO5. The minimum atomic E-state index is -0.563. The zero-order chi connectivity index (χ0) is 7.94. The molecule has 1 aliphatic heterocycles. The summed E-state index contributed by atoms with van der Waals surface area (Å²) in [4.78, 5) is 10.6. The second-order valence-electron chi connectivity index (χ2n) is 1.72. The van der Waals surface area contributed by atoms with Crippen LogP contribution in [0, 0.1) is 0 Å². The van der Waals surface area contributed by atoms with Crippen molar-refractivity contribution >= 4 is 6.09 Å². The molecule has 1 heterocycles. The first-order valence-electron chi connectivity index (χ1n) is 3.03. The Kier molecular flexibility index (Phi) is 3.67. The van der Waals surface area contributed by atoms with E-state index >= 15 is 0 Å². The van der Waals surface area contributed by atoms with Crippen molar-refractivity contribution in [2.24, 2.45) is 0 Å². The van der Waals surface area contributed by atoms with E-state index in [-0.39, 0.29) is 27.1 Å². The molecule has 6 heteroatoms. The summed E-state index contributed by atoms with van der Waals surface area (Å²) >= 11 is 0. The molecule has 0 saturated carbocycles. The highest BCUT2D eigenvalue weighted by Gasteiger charge is 2.01. The zero-order valence-electron chi connectivity index (χ0n) is 5.87. The fraction of sp³-hybridized carbons (Fsp3) is 0.800. The molecule has 64 valence electrons. The molecule has 0 atom stereocenters. The lowest BCUT2D eigenvalue weighted by atomic mass is 11.0.